The highest BCUT2D eigenvalue weighted by Gasteiger charge is 2.14. The van der Waals surface area contributed by atoms with Crippen molar-refractivity contribution in [3.05, 3.63) is 47.9 Å². The highest BCUT2D eigenvalue weighted by Crippen LogP contribution is 2.25. The molecule has 0 aromatic carbocycles. The van der Waals surface area contributed by atoms with Gasteiger partial charge in [-0.25, -0.2) is 5.01 Å². The minimum absolute atomic E-state index is 0.906. The Bertz CT molecular complexity index is 391. The third kappa shape index (κ3) is 1.94. The molecule has 1 rings (SSSR count). The Hall–Kier alpha value is -1.57. The van der Waals surface area contributed by atoms with Crippen LogP contribution in [0.25, 0.3) is 0 Å². The van der Waals surface area contributed by atoms with E-state index in [0.717, 1.165) is 11.4 Å². The van der Waals surface area contributed by atoms with E-state index < -0.39 is 0 Å². The third-order valence-electron chi connectivity index (χ3n) is 2.98. The Kier molecular flexibility index (Phi) is 3.30. The summed E-state index contributed by atoms with van der Waals surface area (Å²) in [5, 5.41) is 6.27. The molecule has 1 aliphatic rings. The number of allylic oxidation sites excluding steroid dienone is 5. The number of hydrogen-bond acceptors (Lipinski definition) is 2. The minimum Gasteiger partial charge on any atom is -0.245 e. The summed E-state index contributed by atoms with van der Waals surface area (Å²) in [6.45, 7) is 15.9. The van der Waals surface area contributed by atoms with Gasteiger partial charge in [0.2, 0.25) is 0 Å². The number of hydrogen-bond donors (Lipinski definition) is 0. The topological polar surface area (TPSA) is 15.6 Å². The van der Waals surface area contributed by atoms with Crippen molar-refractivity contribution in [2.75, 3.05) is 0 Å². The summed E-state index contributed by atoms with van der Waals surface area (Å²) in [7, 11) is 0. The molecule has 2 nitrogen and oxygen atoms in total. The van der Waals surface area contributed by atoms with Gasteiger partial charge in [-0.1, -0.05) is 13.2 Å². The van der Waals surface area contributed by atoms with Gasteiger partial charge in [0.05, 0.1) is 5.71 Å². The molecule has 0 fully saturated rings. The highest BCUT2D eigenvalue weighted by atomic mass is 15.4. The maximum Gasteiger partial charge on any atom is 0.0865 e. The van der Waals surface area contributed by atoms with Crippen LogP contribution in [0.1, 0.15) is 27.7 Å². The molecule has 0 aromatic rings. The van der Waals surface area contributed by atoms with Crippen LogP contribution in [0.4, 0.5) is 0 Å². The zero-order chi connectivity index (χ0) is 11.6. The summed E-state index contributed by atoms with van der Waals surface area (Å²) in [6.07, 6.45) is 3.50. The average molecular weight is 202 g/mol. The van der Waals surface area contributed by atoms with E-state index in [9.17, 15) is 0 Å². The van der Waals surface area contributed by atoms with Crippen LogP contribution in [-0.4, -0.2) is 10.7 Å². The van der Waals surface area contributed by atoms with Crippen LogP contribution >= 0.6 is 0 Å². The molecule has 0 bridgehead atoms. The molecule has 80 valence electrons. The standard InChI is InChI=1S/C13H18N2/c1-7-13-11(5)9(3)10(4)12(6)15(8-2)14-13/h7-8H,1-2H2,3-6H3. The summed E-state index contributed by atoms with van der Waals surface area (Å²) in [4.78, 5) is 0. The van der Waals surface area contributed by atoms with Crippen molar-refractivity contribution >= 4 is 5.71 Å². The molecule has 0 saturated heterocycles. The smallest absolute Gasteiger partial charge is 0.0865 e. The predicted octanol–water partition coefficient (Wildman–Crippen LogP) is 3.62. The molecule has 0 aliphatic carbocycles. The van der Waals surface area contributed by atoms with Crippen molar-refractivity contribution in [3.63, 3.8) is 0 Å². The largest absolute Gasteiger partial charge is 0.245 e. The van der Waals surface area contributed by atoms with Crippen LogP contribution in [0, 0.1) is 0 Å². The summed E-state index contributed by atoms with van der Waals surface area (Å²) < 4.78 is 0. The van der Waals surface area contributed by atoms with Crippen molar-refractivity contribution in [3.8, 4) is 0 Å². The molecule has 0 atom stereocenters. The Morgan fingerprint density at radius 2 is 1.60 bits per heavy atom. The van der Waals surface area contributed by atoms with Gasteiger partial charge < -0.3 is 0 Å². The molecule has 0 N–H and O–H groups in total. The number of rotatable bonds is 2. The Labute approximate surface area is 92.0 Å². The first-order chi connectivity index (χ1) is 7.02. The van der Waals surface area contributed by atoms with E-state index in [-0.39, 0.29) is 0 Å². The maximum atomic E-state index is 4.47. The fourth-order valence-corrected chi connectivity index (χ4v) is 1.55. The molecule has 0 saturated carbocycles. The van der Waals surface area contributed by atoms with Crippen LogP contribution in [0.15, 0.2) is 53.0 Å². The van der Waals surface area contributed by atoms with E-state index in [1.807, 2.05) is 6.92 Å². The third-order valence-corrected chi connectivity index (χ3v) is 2.98. The molecule has 0 unspecified atom stereocenters. The van der Waals surface area contributed by atoms with Crippen LogP contribution < -0.4 is 0 Å². The van der Waals surface area contributed by atoms with Gasteiger partial charge in [-0.05, 0) is 50.5 Å². The zero-order valence-electron chi connectivity index (χ0n) is 9.96. The van der Waals surface area contributed by atoms with Gasteiger partial charge in [0.15, 0.2) is 0 Å². The molecular formula is C13H18N2. The molecule has 0 spiro atoms. The van der Waals surface area contributed by atoms with E-state index in [2.05, 4.69) is 39.0 Å². The van der Waals surface area contributed by atoms with Crippen molar-refractivity contribution in [1.29, 1.82) is 0 Å². The average Bonchev–Trinajstić information content (AvgIpc) is 2.33. The van der Waals surface area contributed by atoms with Crippen LogP contribution in [0.3, 0.4) is 0 Å². The number of hydrazone groups is 1. The van der Waals surface area contributed by atoms with Crippen LogP contribution in [0.2, 0.25) is 0 Å². The first-order valence-electron chi connectivity index (χ1n) is 5.01. The lowest BCUT2D eigenvalue weighted by molar-refractivity contribution is 0.497. The number of nitrogens with zero attached hydrogens (tertiary/aromatic N) is 2. The first kappa shape index (κ1) is 11.5. The van der Waals surface area contributed by atoms with Crippen LogP contribution in [0.5, 0.6) is 0 Å². The molecule has 0 radical (unpaired) electrons. The molecule has 15 heavy (non-hydrogen) atoms. The van der Waals surface area contributed by atoms with E-state index in [1.165, 1.54) is 16.7 Å². The van der Waals surface area contributed by atoms with Gasteiger partial charge in [0.25, 0.3) is 0 Å². The normalized spacial score (nSPS) is 17.6. The summed E-state index contributed by atoms with van der Waals surface area (Å²) in [6, 6.07) is 0. The lowest BCUT2D eigenvalue weighted by Crippen LogP contribution is -2.09. The fourth-order valence-electron chi connectivity index (χ4n) is 1.55. The van der Waals surface area contributed by atoms with Crippen molar-refractivity contribution in [2.45, 2.75) is 27.7 Å². The highest BCUT2D eigenvalue weighted by molar-refractivity contribution is 6.08. The lowest BCUT2D eigenvalue weighted by Gasteiger charge is -2.15. The summed E-state index contributed by atoms with van der Waals surface area (Å²) in [5.41, 5.74) is 5.69. The molecule has 2 heteroatoms. The second-order valence-electron chi connectivity index (χ2n) is 3.68. The minimum atomic E-state index is 0.906. The van der Waals surface area contributed by atoms with Crippen molar-refractivity contribution < 1.29 is 0 Å². The zero-order valence-corrected chi connectivity index (χ0v) is 9.96. The Morgan fingerprint density at radius 3 is 2.07 bits per heavy atom. The van der Waals surface area contributed by atoms with Gasteiger partial charge in [-0.2, -0.15) is 5.10 Å². The van der Waals surface area contributed by atoms with Crippen LogP contribution in [-0.2, 0) is 0 Å². The fraction of sp³-hybridized carbons (Fsp3) is 0.308. The Balaban J connectivity index is 3.43. The van der Waals surface area contributed by atoms with Gasteiger partial charge in [0.1, 0.15) is 0 Å². The van der Waals surface area contributed by atoms with Gasteiger partial charge in [-0.15, -0.1) is 0 Å². The van der Waals surface area contributed by atoms with E-state index in [4.69, 9.17) is 0 Å². The van der Waals surface area contributed by atoms with Gasteiger partial charge >= 0.3 is 0 Å². The summed E-state index contributed by atoms with van der Waals surface area (Å²) in [5.74, 6) is 0. The second-order valence-corrected chi connectivity index (χ2v) is 3.68. The quantitative estimate of drug-likeness (QED) is 0.667. The molecule has 1 heterocycles. The maximum absolute atomic E-state index is 4.47. The second kappa shape index (κ2) is 4.30. The first-order valence-corrected chi connectivity index (χ1v) is 5.01. The SMILES string of the molecule is C=CC1=NN(C=C)C(C)=C(C)C(C)=C1C. The molecule has 1 aliphatic heterocycles. The van der Waals surface area contributed by atoms with Crippen molar-refractivity contribution in [1.82, 2.24) is 5.01 Å². The molecule has 0 aromatic heterocycles. The molecular weight excluding hydrogens is 184 g/mol. The lowest BCUT2D eigenvalue weighted by atomic mass is 10.00. The monoisotopic (exact) mass is 202 g/mol. The Morgan fingerprint density at radius 1 is 1.00 bits per heavy atom. The van der Waals surface area contributed by atoms with E-state index >= 15 is 0 Å². The predicted molar refractivity (Wildman–Crippen MR) is 66.4 cm³/mol. The van der Waals surface area contributed by atoms with E-state index in [1.54, 1.807) is 17.3 Å². The van der Waals surface area contributed by atoms with Crippen molar-refractivity contribution in [2.24, 2.45) is 5.10 Å². The van der Waals surface area contributed by atoms with E-state index in [0.29, 0.717) is 0 Å². The van der Waals surface area contributed by atoms with Gasteiger partial charge in [0, 0.05) is 11.9 Å². The molecule has 0 amide bonds. The summed E-state index contributed by atoms with van der Waals surface area (Å²) >= 11 is 0. The van der Waals surface area contributed by atoms with Gasteiger partial charge in [-0.3, -0.25) is 0 Å².